The Morgan fingerprint density at radius 2 is 1.88 bits per heavy atom. The quantitative estimate of drug-likeness (QED) is 0.371. The van der Waals surface area contributed by atoms with Gasteiger partial charge < -0.3 is 9.84 Å². The summed E-state index contributed by atoms with van der Waals surface area (Å²) in [5.74, 6) is 0.947. The summed E-state index contributed by atoms with van der Waals surface area (Å²) in [5.41, 5.74) is 10.4. The number of ether oxygens (including phenoxy) is 1. The van der Waals surface area contributed by atoms with Crippen molar-refractivity contribution in [2.75, 3.05) is 5.75 Å². The van der Waals surface area contributed by atoms with Crippen LogP contribution in [-0.2, 0) is 11.2 Å². The first-order valence-corrected chi connectivity index (χ1v) is 13.1. The van der Waals surface area contributed by atoms with Crippen LogP contribution in [0.4, 0.5) is 0 Å². The SMILES string of the molecule is Cc1cc(C)c(-c2cccc3c2CCC3Oc2ccc3c(c2Br)SC[C@H]3CC(=O)O)c(C)c1. The van der Waals surface area contributed by atoms with Gasteiger partial charge in [0.25, 0.3) is 0 Å². The number of benzene rings is 3. The molecule has 3 nitrogen and oxygen atoms in total. The zero-order valence-electron chi connectivity index (χ0n) is 19.1. The summed E-state index contributed by atoms with van der Waals surface area (Å²) in [4.78, 5) is 12.3. The third kappa shape index (κ3) is 4.10. The Balaban J connectivity index is 1.46. The summed E-state index contributed by atoms with van der Waals surface area (Å²) in [6.07, 6.45) is 2.14. The lowest BCUT2D eigenvalue weighted by molar-refractivity contribution is -0.137. The van der Waals surface area contributed by atoms with Crippen LogP contribution >= 0.6 is 27.7 Å². The van der Waals surface area contributed by atoms with Gasteiger partial charge in [0, 0.05) is 16.6 Å². The van der Waals surface area contributed by atoms with E-state index in [1.54, 1.807) is 11.8 Å². The lowest BCUT2D eigenvalue weighted by Crippen LogP contribution is -2.06. The van der Waals surface area contributed by atoms with E-state index in [0.29, 0.717) is 0 Å². The van der Waals surface area contributed by atoms with Gasteiger partial charge in [0.2, 0.25) is 0 Å². The van der Waals surface area contributed by atoms with Crippen LogP contribution < -0.4 is 4.74 Å². The molecule has 0 saturated heterocycles. The average Bonchev–Trinajstić information content (AvgIpc) is 3.34. The van der Waals surface area contributed by atoms with E-state index in [2.05, 4.69) is 67.0 Å². The maximum absolute atomic E-state index is 11.2. The van der Waals surface area contributed by atoms with Gasteiger partial charge in [-0.3, -0.25) is 4.79 Å². The van der Waals surface area contributed by atoms with Gasteiger partial charge in [-0.1, -0.05) is 42.0 Å². The number of carbonyl (C=O) groups is 1. The molecule has 0 radical (unpaired) electrons. The highest BCUT2D eigenvalue weighted by Gasteiger charge is 2.31. The molecule has 0 bridgehead atoms. The Labute approximate surface area is 207 Å². The molecule has 33 heavy (non-hydrogen) atoms. The summed E-state index contributed by atoms with van der Waals surface area (Å²) in [7, 11) is 0. The molecular weight excluding hydrogens is 496 g/mol. The van der Waals surface area contributed by atoms with Crippen LogP contribution in [0.2, 0.25) is 0 Å². The predicted octanol–water partition coefficient (Wildman–Crippen LogP) is 7.77. The highest BCUT2D eigenvalue weighted by atomic mass is 79.9. The topological polar surface area (TPSA) is 46.5 Å². The molecule has 0 amide bonds. The Morgan fingerprint density at radius 3 is 2.61 bits per heavy atom. The fourth-order valence-corrected chi connectivity index (χ4v) is 7.59. The standard InChI is InChI=1S/C28H27BrO3S/c1-15-11-16(2)26(17(3)12-15)22-6-4-5-21-20(22)8-9-23(21)32-24-10-7-19-18(13-25(30)31)14-33-28(19)27(24)29/h4-7,10-12,18,23H,8-9,13-14H2,1-3H3,(H,30,31)/t18-,23?/m1/s1. The van der Waals surface area contributed by atoms with E-state index in [9.17, 15) is 9.90 Å². The van der Waals surface area contributed by atoms with Gasteiger partial charge in [-0.25, -0.2) is 0 Å². The minimum atomic E-state index is -0.748. The molecule has 1 heterocycles. The van der Waals surface area contributed by atoms with Crippen LogP contribution in [0.5, 0.6) is 5.75 Å². The van der Waals surface area contributed by atoms with Crippen LogP contribution in [-0.4, -0.2) is 16.8 Å². The third-order valence-corrected chi connectivity index (χ3v) is 9.16. The molecule has 3 aromatic rings. The molecule has 5 heteroatoms. The molecule has 2 aliphatic rings. The van der Waals surface area contributed by atoms with Gasteiger partial charge in [-0.15, -0.1) is 11.8 Å². The Kier molecular flexibility index (Phi) is 6.04. The first-order valence-electron chi connectivity index (χ1n) is 11.4. The maximum atomic E-state index is 11.2. The Bertz CT molecular complexity index is 1240. The van der Waals surface area contributed by atoms with Crippen molar-refractivity contribution in [1.82, 2.24) is 0 Å². The van der Waals surface area contributed by atoms with Gasteiger partial charge in [0.1, 0.15) is 11.9 Å². The molecular formula is C28H27BrO3S. The molecule has 0 fully saturated rings. The van der Waals surface area contributed by atoms with Crippen molar-refractivity contribution in [3.05, 3.63) is 80.3 Å². The predicted molar refractivity (Wildman–Crippen MR) is 138 cm³/mol. The highest BCUT2D eigenvalue weighted by molar-refractivity contribution is 9.10. The van der Waals surface area contributed by atoms with E-state index in [4.69, 9.17) is 4.74 Å². The first kappa shape index (κ1) is 22.5. The van der Waals surface area contributed by atoms with Crippen molar-refractivity contribution in [2.24, 2.45) is 0 Å². The van der Waals surface area contributed by atoms with Gasteiger partial charge in [0.15, 0.2) is 0 Å². The van der Waals surface area contributed by atoms with E-state index in [0.717, 1.165) is 39.3 Å². The number of halogens is 1. The van der Waals surface area contributed by atoms with Crippen molar-refractivity contribution in [3.63, 3.8) is 0 Å². The normalized spacial score (nSPS) is 18.8. The molecule has 3 aromatic carbocycles. The number of aryl methyl sites for hydroxylation is 3. The fraction of sp³-hybridized carbons (Fsp3) is 0.321. The second-order valence-corrected chi connectivity index (χ2v) is 11.0. The van der Waals surface area contributed by atoms with Crippen LogP contribution in [0.25, 0.3) is 11.1 Å². The molecule has 0 spiro atoms. The zero-order valence-corrected chi connectivity index (χ0v) is 21.5. The lowest BCUT2D eigenvalue weighted by atomic mass is 9.89. The molecule has 0 aromatic heterocycles. The number of carboxylic acids is 1. The van der Waals surface area contributed by atoms with E-state index in [1.165, 1.54) is 38.9 Å². The van der Waals surface area contributed by atoms with Crippen molar-refractivity contribution >= 4 is 33.7 Å². The number of rotatable bonds is 5. The molecule has 1 aliphatic heterocycles. The van der Waals surface area contributed by atoms with Crippen LogP contribution in [0.3, 0.4) is 0 Å². The van der Waals surface area contributed by atoms with Crippen LogP contribution in [0.1, 0.15) is 58.2 Å². The van der Waals surface area contributed by atoms with E-state index in [-0.39, 0.29) is 18.4 Å². The Hall–Kier alpha value is -2.24. The summed E-state index contributed by atoms with van der Waals surface area (Å²) in [6, 6.07) is 15.2. The van der Waals surface area contributed by atoms with E-state index >= 15 is 0 Å². The summed E-state index contributed by atoms with van der Waals surface area (Å²) in [6.45, 7) is 6.56. The van der Waals surface area contributed by atoms with E-state index < -0.39 is 5.97 Å². The minimum absolute atomic E-state index is 0.0154. The molecule has 2 atom stereocenters. The summed E-state index contributed by atoms with van der Waals surface area (Å²) >= 11 is 5.47. The second kappa shape index (κ2) is 8.84. The molecule has 1 N–H and O–H groups in total. The Morgan fingerprint density at radius 1 is 1.12 bits per heavy atom. The minimum Gasteiger partial charge on any atom is -0.484 e. The summed E-state index contributed by atoms with van der Waals surface area (Å²) < 4.78 is 7.52. The molecule has 0 saturated carbocycles. The summed E-state index contributed by atoms with van der Waals surface area (Å²) in [5, 5.41) is 9.21. The fourth-order valence-electron chi connectivity index (χ4n) is 5.50. The molecule has 5 rings (SSSR count). The number of thioether (sulfide) groups is 1. The maximum Gasteiger partial charge on any atom is 0.303 e. The van der Waals surface area contributed by atoms with Gasteiger partial charge >= 0.3 is 5.97 Å². The molecule has 170 valence electrons. The smallest absolute Gasteiger partial charge is 0.303 e. The van der Waals surface area contributed by atoms with Crippen molar-refractivity contribution in [2.45, 2.75) is 57.0 Å². The number of carboxylic acid groups (broad SMARTS) is 1. The van der Waals surface area contributed by atoms with Crippen molar-refractivity contribution in [3.8, 4) is 16.9 Å². The monoisotopic (exact) mass is 522 g/mol. The molecule has 1 unspecified atom stereocenters. The van der Waals surface area contributed by atoms with Crippen LogP contribution in [0, 0.1) is 20.8 Å². The lowest BCUT2D eigenvalue weighted by Gasteiger charge is -2.19. The number of aliphatic carboxylic acids is 1. The van der Waals surface area contributed by atoms with Gasteiger partial charge in [0.05, 0.1) is 10.9 Å². The number of hydrogen-bond acceptors (Lipinski definition) is 3. The highest BCUT2D eigenvalue weighted by Crippen LogP contribution is 2.50. The largest absolute Gasteiger partial charge is 0.484 e. The van der Waals surface area contributed by atoms with Crippen LogP contribution in [0.15, 0.2) is 51.8 Å². The first-order chi connectivity index (χ1) is 15.8. The van der Waals surface area contributed by atoms with Gasteiger partial charge in [-0.05, 0) is 94.6 Å². The van der Waals surface area contributed by atoms with Gasteiger partial charge in [-0.2, -0.15) is 0 Å². The second-order valence-electron chi connectivity index (χ2n) is 9.19. The van der Waals surface area contributed by atoms with Crippen molar-refractivity contribution < 1.29 is 14.6 Å². The third-order valence-electron chi connectivity index (χ3n) is 6.81. The zero-order chi connectivity index (χ0) is 23.3. The molecule has 1 aliphatic carbocycles. The number of fused-ring (bicyclic) bond motifs is 2. The van der Waals surface area contributed by atoms with Crippen molar-refractivity contribution in [1.29, 1.82) is 0 Å². The average molecular weight is 523 g/mol. The van der Waals surface area contributed by atoms with E-state index in [1.807, 2.05) is 12.1 Å². The number of hydrogen-bond donors (Lipinski definition) is 1.